The summed E-state index contributed by atoms with van der Waals surface area (Å²) in [5.41, 5.74) is 3.60. The predicted octanol–water partition coefficient (Wildman–Crippen LogP) is 4.87. The van der Waals surface area contributed by atoms with Crippen LogP contribution in [-0.4, -0.2) is 12.5 Å². The van der Waals surface area contributed by atoms with Crippen LogP contribution in [0.2, 0.25) is 0 Å². The molecule has 2 unspecified atom stereocenters. The number of amides is 1. The maximum atomic E-state index is 11.9. The Labute approximate surface area is 136 Å². The Kier molecular flexibility index (Phi) is 5.13. The Morgan fingerprint density at radius 1 is 1.33 bits per heavy atom. The maximum absolute atomic E-state index is 11.9. The molecular formula is C18H26BrNO. The largest absolute Gasteiger partial charge is 0.352 e. The molecule has 1 amide bonds. The summed E-state index contributed by atoms with van der Waals surface area (Å²) in [6, 6.07) is 6.35. The quantitative estimate of drug-likeness (QED) is 0.770. The Morgan fingerprint density at radius 2 is 2.05 bits per heavy atom. The molecule has 0 bridgehead atoms. The molecule has 0 saturated carbocycles. The molecule has 0 spiro atoms. The van der Waals surface area contributed by atoms with Crippen LogP contribution in [0.15, 0.2) is 18.2 Å². The van der Waals surface area contributed by atoms with Crippen molar-refractivity contribution in [2.75, 3.05) is 6.54 Å². The number of nitrogens with one attached hydrogen (secondary N) is 1. The van der Waals surface area contributed by atoms with Crippen molar-refractivity contribution in [3.63, 3.8) is 0 Å². The molecule has 1 aliphatic rings. The number of hydrogen-bond acceptors (Lipinski definition) is 1. The van der Waals surface area contributed by atoms with Crippen LogP contribution < -0.4 is 5.32 Å². The molecule has 1 heterocycles. The molecule has 0 fully saturated rings. The lowest BCUT2D eigenvalue weighted by Gasteiger charge is -2.25. The number of carbonyl (C=O) groups excluding carboxylic acids is 1. The van der Waals surface area contributed by atoms with Gasteiger partial charge in [-0.2, -0.15) is 0 Å². The summed E-state index contributed by atoms with van der Waals surface area (Å²) < 4.78 is 0. The van der Waals surface area contributed by atoms with Crippen LogP contribution in [-0.2, 0) is 6.42 Å². The average molecular weight is 352 g/mol. The number of hydrogen-bond donors (Lipinski definition) is 1. The van der Waals surface area contributed by atoms with Crippen molar-refractivity contribution < 1.29 is 4.79 Å². The van der Waals surface area contributed by atoms with Gasteiger partial charge >= 0.3 is 0 Å². The van der Waals surface area contributed by atoms with Gasteiger partial charge in [-0.3, -0.25) is 4.79 Å². The fourth-order valence-corrected chi connectivity index (χ4v) is 4.17. The third-order valence-electron chi connectivity index (χ3n) is 3.99. The van der Waals surface area contributed by atoms with E-state index in [4.69, 9.17) is 0 Å². The monoisotopic (exact) mass is 351 g/mol. The number of benzene rings is 1. The highest BCUT2D eigenvalue weighted by atomic mass is 79.9. The number of rotatable bonds is 4. The summed E-state index contributed by atoms with van der Waals surface area (Å²) in [6.07, 6.45) is 3.24. The van der Waals surface area contributed by atoms with Crippen molar-refractivity contribution in [1.82, 2.24) is 5.32 Å². The van der Waals surface area contributed by atoms with Gasteiger partial charge in [0.25, 0.3) is 5.91 Å². The van der Waals surface area contributed by atoms with E-state index in [9.17, 15) is 4.79 Å². The van der Waals surface area contributed by atoms with Crippen molar-refractivity contribution in [3.05, 3.63) is 34.9 Å². The lowest BCUT2D eigenvalue weighted by Crippen LogP contribution is -2.31. The third kappa shape index (κ3) is 4.57. The molecule has 1 aromatic carbocycles. The molecule has 1 aromatic rings. The van der Waals surface area contributed by atoms with Crippen molar-refractivity contribution >= 4 is 21.8 Å². The molecule has 0 aliphatic carbocycles. The van der Waals surface area contributed by atoms with E-state index in [0.29, 0.717) is 16.2 Å². The Morgan fingerprint density at radius 3 is 2.71 bits per heavy atom. The summed E-state index contributed by atoms with van der Waals surface area (Å²) in [4.78, 5) is 12.3. The molecule has 2 nitrogen and oxygen atoms in total. The van der Waals surface area contributed by atoms with Gasteiger partial charge in [-0.25, -0.2) is 0 Å². The number of alkyl halides is 1. The molecule has 2 atom stereocenters. The van der Waals surface area contributed by atoms with Crippen LogP contribution in [0.4, 0.5) is 0 Å². The summed E-state index contributed by atoms with van der Waals surface area (Å²) >= 11 is 3.81. The number of fused-ring (bicyclic) bond motifs is 1. The van der Waals surface area contributed by atoms with Crippen LogP contribution in [0.5, 0.6) is 0 Å². The molecule has 0 radical (unpaired) electrons. The van der Waals surface area contributed by atoms with Gasteiger partial charge in [0.1, 0.15) is 0 Å². The molecular weight excluding hydrogens is 326 g/mol. The zero-order valence-electron chi connectivity index (χ0n) is 13.5. The SMILES string of the molecule is CC(CC(Br)c1ccc2c(c1)C(=O)NCC2)CC(C)(C)C. The normalized spacial score (nSPS) is 17.9. The average Bonchev–Trinajstić information content (AvgIpc) is 2.36. The van der Waals surface area contributed by atoms with Gasteiger partial charge in [0, 0.05) is 16.9 Å². The molecule has 0 saturated heterocycles. The second kappa shape index (κ2) is 6.51. The minimum atomic E-state index is 0.0699. The summed E-state index contributed by atoms with van der Waals surface area (Å²) in [5, 5.41) is 2.92. The van der Waals surface area contributed by atoms with Gasteiger partial charge in [0.2, 0.25) is 0 Å². The first-order valence-electron chi connectivity index (χ1n) is 7.81. The van der Waals surface area contributed by atoms with Crippen LogP contribution in [0, 0.1) is 11.3 Å². The van der Waals surface area contributed by atoms with Crippen LogP contribution in [0.3, 0.4) is 0 Å². The Balaban J connectivity index is 2.08. The maximum Gasteiger partial charge on any atom is 0.251 e. The van der Waals surface area contributed by atoms with E-state index in [-0.39, 0.29) is 5.91 Å². The smallest absolute Gasteiger partial charge is 0.251 e. The molecule has 21 heavy (non-hydrogen) atoms. The van der Waals surface area contributed by atoms with Gasteiger partial charge in [-0.1, -0.05) is 55.8 Å². The highest BCUT2D eigenvalue weighted by Crippen LogP contribution is 2.35. The molecule has 1 N–H and O–H groups in total. The number of carbonyl (C=O) groups is 1. The van der Waals surface area contributed by atoms with E-state index in [0.717, 1.165) is 24.9 Å². The lowest BCUT2D eigenvalue weighted by atomic mass is 9.83. The standard InChI is InChI=1S/C18H26BrNO/c1-12(11-18(2,3)4)9-16(19)14-6-5-13-7-8-20-17(21)15(13)10-14/h5-6,10,12,16H,7-9,11H2,1-4H3,(H,20,21). The Bertz CT molecular complexity index is 518. The fourth-order valence-electron chi connectivity index (χ4n) is 3.24. The topological polar surface area (TPSA) is 29.1 Å². The second-order valence-electron chi connectivity index (χ2n) is 7.50. The fraction of sp³-hybridized carbons (Fsp3) is 0.611. The summed E-state index contributed by atoms with van der Waals surface area (Å²) in [7, 11) is 0. The van der Waals surface area contributed by atoms with Gasteiger partial charge in [0.05, 0.1) is 0 Å². The first-order valence-corrected chi connectivity index (χ1v) is 8.73. The van der Waals surface area contributed by atoms with Crippen molar-refractivity contribution in [2.45, 2.75) is 51.8 Å². The summed E-state index contributed by atoms with van der Waals surface area (Å²) in [6.45, 7) is 9.93. The van der Waals surface area contributed by atoms with Crippen LogP contribution in [0.25, 0.3) is 0 Å². The van der Waals surface area contributed by atoms with Gasteiger partial charge in [-0.05, 0) is 47.8 Å². The first-order chi connectivity index (χ1) is 9.76. The zero-order valence-corrected chi connectivity index (χ0v) is 15.1. The minimum Gasteiger partial charge on any atom is -0.352 e. The van der Waals surface area contributed by atoms with E-state index in [1.54, 1.807) is 0 Å². The van der Waals surface area contributed by atoms with Gasteiger partial charge in [0.15, 0.2) is 0 Å². The molecule has 1 aliphatic heterocycles. The summed E-state index contributed by atoms with van der Waals surface area (Å²) in [5.74, 6) is 0.722. The zero-order chi connectivity index (χ0) is 15.6. The van der Waals surface area contributed by atoms with E-state index in [1.165, 1.54) is 17.5 Å². The highest BCUT2D eigenvalue weighted by Gasteiger charge is 2.21. The highest BCUT2D eigenvalue weighted by molar-refractivity contribution is 9.09. The molecule has 3 heteroatoms. The van der Waals surface area contributed by atoms with Crippen molar-refractivity contribution in [3.8, 4) is 0 Å². The van der Waals surface area contributed by atoms with E-state index < -0.39 is 0 Å². The molecule has 2 rings (SSSR count). The second-order valence-corrected chi connectivity index (χ2v) is 8.60. The van der Waals surface area contributed by atoms with E-state index in [2.05, 4.69) is 67.1 Å². The van der Waals surface area contributed by atoms with E-state index in [1.807, 2.05) is 0 Å². The minimum absolute atomic E-state index is 0.0699. The molecule has 116 valence electrons. The van der Waals surface area contributed by atoms with E-state index >= 15 is 0 Å². The van der Waals surface area contributed by atoms with Crippen molar-refractivity contribution in [2.24, 2.45) is 11.3 Å². The van der Waals surface area contributed by atoms with Crippen molar-refractivity contribution in [1.29, 1.82) is 0 Å². The van der Waals surface area contributed by atoms with Crippen LogP contribution in [0.1, 0.15) is 66.8 Å². The first kappa shape index (κ1) is 16.5. The van der Waals surface area contributed by atoms with Gasteiger partial charge < -0.3 is 5.32 Å². The predicted molar refractivity (Wildman–Crippen MR) is 92.0 cm³/mol. The molecule has 0 aromatic heterocycles. The Hall–Kier alpha value is -0.830. The third-order valence-corrected chi connectivity index (χ3v) is 4.89. The number of halogens is 1. The van der Waals surface area contributed by atoms with Gasteiger partial charge in [-0.15, -0.1) is 0 Å². The lowest BCUT2D eigenvalue weighted by molar-refractivity contribution is 0.0946. The van der Waals surface area contributed by atoms with Crippen LogP contribution >= 0.6 is 15.9 Å².